The van der Waals surface area contributed by atoms with Crippen molar-refractivity contribution in [1.82, 2.24) is 0 Å². The van der Waals surface area contributed by atoms with Gasteiger partial charge in [-0.25, -0.2) is 0 Å². The Morgan fingerprint density at radius 2 is 2.00 bits per heavy atom. The number of azide groups is 1. The summed E-state index contributed by atoms with van der Waals surface area (Å²) >= 11 is 0. The zero-order valence-corrected chi connectivity index (χ0v) is 3.81. The van der Waals surface area contributed by atoms with E-state index in [0.29, 0.717) is 0 Å². The number of hydrogen-bond acceptors (Lipinski definition) is 3. The molecule has 8 heavy (non-hydrogen) atoms. The Balaban J connectivity index is 4.01. The quantitative estimate of drug-likeness (QED) is 0.280. The minimum absolute atomic E-state index is 1.18. The van der Waals surface area contributed by atoms with Crippen LogP contribution in [0.15, 0.2) is 5.11 Å². The van der Waals surface area contributed by atoms with Gasteiger partial charge in [0.15, 0.2) is 0 Å². The first-order valence-corrected chi connectivity index (χ1v) is 1.68. The van der Waals surface area contributed by atoms with Crippen LogP contribution in [0.2, 0.25) is 0 Å². The van der Waals surface area contributed by atoms with Crippen molar-refractivity contribution in [2.75, 3.05) is 0 Å². The van der Waals surface area contributed by atoms with Crippen molar-refractivity contribution in [1.29, 1.82) is 10.5 Å². The number of nitriles is 2. The van der Waals surface area contributed by atoms with Crippen LogP contribution >= 0.6 is 0 Å². The van der Waals surface area contributed by atoms with Crippen molar-refractivity contribution in [3.63, 3.8) is 0 Å². The van der Waals surface area contributed by atoms with Crippen molar-refractivity contribution in [2.45, 2.75) is 6.04 Å². The summed E-state index contributed by atoms with van der Waals surface area (Å²) in [5.41, 5.74) is 7.66. The molecular weight excluding hydrogens is 106 g/mol. The zero-order chi connectivity index (χ0) is 6.41. The highest BCUT2D eigenvalue weighted by molar-refractivity contribution is 5.05. The van der Waals surface area contributed by atoms with Gasteiger partial charge in [-0.3, -0.25) is 0 Å². The highest BCUT2D eigenvalue weighted by Gasteiger charge is 1.96. The fraction of sp³-hybridized carbons (Fsp3) is 0.333. The molecule has 0 unspecified atom stereocenters. The average Bonchev–Trinajstić information content (AvgIpc) is 1.83. The molecular formula is C3HN5. The molecule has 0 aromatic carbocycles. The van der Waals surface area contributed by atoms with Crippen LogP contribution in [0.1, 0.15) is 0 Å². The van der Waals surface area contributed by atoms with Gasteiger partial charge in [-0.1, -0.05) is 5.11 Å². The first kappa shape index (κ1) is 6.29. The van der Waals surface area contributed by atoms with Crippen LogP contribution in [-0.4, -0.2) is 6.04 Å². The Morgan fingerprint density at radius 3 is 2.12 bits per heavy atom. The summed E-state index contributed by atoms with van der Waals surface area (Å²) in [6.07, 6.45) is 0. The normalized spacial score (nSPS) is 6.38. The van der Waals surface area contributed by atoms with Gasteiger partial charge in [0.25, 0.3) is 0 Å². The summed E-state index contributed by atoms with van der Waals surface area (Å²) in [7, 11) is 0. The Hall–Kier alpha value is -1.71. The van der Waals surface area contributed by atoms with E-state index in [4.69, 9.17) is 16.1 Å². The highest BCUT2D eigenvalue weighted by Crippen LogP contribution is 1.83. The van der Waals surface area contributed by atoms with E-state index in [0.717, 1.165) is 0 Å². The molecule has 0 atom stereocenters. The first-order valence-electron chi connectivity index (χ1n) is 1.68. The van der Waals surface area contributed by atoms with Crippen LogP contribution < -0.4 is 0 Å². The third kappa shape index (κ3) is 1.66. The molecule has 38 valence electrons. The van der Waals surface area contributed by atoms with Crippen LogP contribution in [0.3, 0.4) is 0 Å². The summed E-state index contributed by atoms with van der Waals surface area (Å²) in [5, 5.41) is 18.7. The third-order valence-electron chi connectivity index (χ3n) is 0.412. The number of rotatable bonds is 1. The summed E-state index contributed by atoms with van der Waals surface area (Å²) < 4.78 is 0. The van der Waals surface area contributed by atoms with Gasteiger partial charge in [0, 0.05) is 4.91 Å². The van der Waals surface area contributed by atoms with Crippen molar-refractivity contribution in [3.8, 4) is 12.1 Å². The fourth-order valence-electron chi connectivity index (χ4n) is 0.132. The first-order chi connectivity index (χ1) is 3.85. The van der Waals surface area contributed by atoms with Gasteiger partial charge in [-0.15, -0.1) is 0 Å². The SMILES string of the molecule is N#CC(C#N)N=[N+]=[N-]. The van der Waals surface area contributed by atoms with E-state index in [2.05, 4.69) is 10.0 Å². The Bertz CT molecular complexity index is 173. The number of hydrogen-bond donors (Lipinski definition) is 0. The molecule has 0 fully saturated rings. The second-order valence-electron chi connectivity index (χ2n) is 0.866. The van der Waals surface area contributed by atoms with E-state index >= 15 is 0 Å². The molecule has 0 bridgehead atoms. The Labute approximate surface area is 45.4 Å². The van der Waals surface area contributed by atoms with Crippen LogP contribution in [0, 0.1) is 22.7 Å². The number of nitrogens with zero attached hydrogens (tertiary/aromatic N) is 5. The van der Waals surface area contributed by atoms with Crippen molar-refractivity contribution < 1.29 is 0 Å². The summed E-state index contributed by atoms with van der Waals surface area (Å²) in [6.45, 7) is 0. The molecule has 5 heteroatoms. The monoisotopic (exact) mass is 107 g/mol. The maximum absolute atomic E-state index is 7.92. The fourth-order valence-corrected chi connectivity index (χ4v) is 0.132. The summed E-state index contributed by atoms with van der Waals surface area (Å²) in [4.78, 5) is 2.26. The van der Waals surface area contributed by atoms with Crippen LogP contribution in [0.4, 0.5) is 0 Å². The minimum atomic E-state index is -1.18. The van der Waals surface area contributed by atoms with Gasteiger partial charge in [0.2, 0.25) is 6.04 Å². The topological polar surface area (TPSA) is 96.3 Å². The van der Waals surface area contributed by atoms with Crippen molar-refractivity contribution >= 4 is 0 Å². The molecule has 0 aliphatic rings. The maximum atomic E-state index is 7.92. The molecule has 0 aliphatic carbocycles. The second kappa shape index (κ2) is 3.48. The summed E-state index contributed by atoms with van der Waals surface area (Å²) in [6, 6.07) is 1.76. The molecule has 5 nitrogen and oxygen atoms in total. The lowest BCUT2D eigenvalue weighted by Gasteiger charge is -1.75. The molecule has 0 aromatic heterocycles. The van der Waals surface area contributed by atoms with E-state index in [9.17, 15) is 0 Å². The van der Waals surface area contributed by atoms with E-state index < -0.39 is 6.04 Å². The lowest BCUT2D eigenvalue weighted by atomic mass is 10.4. The van der Waals surface area contributed by atoms with E-state index in [-0.39, 0.29) is 0 Å². The predicted molar refractivity (Wildman–Crippen MR) is 24.2 cm³/mol. The molecule has 0 aromatic rings. The van der Waals surface area contributed by atoms with E-state index in [1.807, 2.05) is 0 Å². The van der Waals surface area contributed by atoms with Gasteiger partial charge < -0.3 is 0 Å². The molecule has 0 aliphatic heterocycles. The third-order valence-corrected chi connectivity index (χ3v) is 0.412. The van der Waals surface area contributed by atoms with Gasteiger partial charge in [-0.05, 0) is 5.53 Å². The van der Waals surface area contributed by atoms with Crippen molar-refractivity contribution in [2.24, 2.45) is 5.11 Å². The van der Waals surface area contributed by atoms with Crippen LogP contribution in [0.5, 0.6) is 0 Å². The molecule has 0 radical (unpaired) electrons. The van der Waals surface area contributed by atoms with Crippen molar-refractivity contribution in [3.05, 3.63) is 10.4 Å². The Morgan fingerprint density at radius 1 is 1.50 bits per heavy atom. The molecule has 0 heterocycles. The highest BCUT2D eigenvalue weighted by atomic mass is 15.1. The van der Waals surface area contributed by atoms with Crippen LogP contribution in [0.25, 0.3) is 10.4 Å². The van der Waals surface area contributed by atoms with Gasteiger partial charge >= 0.3 is 0 Å². The van der Waals surface area contributed by atoms with E-state index in [1.54, 1.807) is 0 Å². The maximum Gasteiger partial charge on any atom is 0.211 e. The molecule has 0 rings (SSSR count). The second-order valence-corrected chi connectivity index (χ2v) is 0.866. The summed E-state index contributed by atoms with van der Waals surface area (Å²) in [5.74, 6) is 0. The molecule has 0 saturated carbocycles. The van der Waals surface area contributed by atoms with E-state index in [1.165, 1.54) is 12.1 Å². The molecule has 0 saturated heterocycles. The van der Waals surface area contributed by atoms with Gasteiger partial charge in [-0.2, -0.15) is 10.5 Å². The minimum Gasteiger partial charge on any atom is -0.197 e. The smallest absolute Gasteiger partial charge is 0.197 e. The zero-order valence-electron chi connectivity index (χ0n) is 3.81. The average molecular weight is 107 g/mol. The van der Waals surface area contributed by atoms with Gasteiger partial charge in [0.1, 0.15) is 0 Å². The molecule has 0 spiro atoms. The van der Waals surface area contributed by atoms with Gasteiger partial charge in [0.05, 0.1) is 12.1 Å². The lowest BCUT2D eigenvalue weighted by molar-refractivity contribution is 1.03. The Kier molecular flexibility index (Phi) is 2.74. The molecule has 0 amide bonds. The largest absolute Gasteiger partial charge is 0.211 e. The standard InChI is InChI=1S/C3HN5/c4-1-3(2-5)7-8-6/h3H. The lowest BCUT2D eigenvalue weighted by Crippen LogP contribution is -1.90. The molecule has 0 N–H and O–H groups in total. The van der Waals surface area contributed by atoms with Crippen LogP contribution in [-0.2, 0) is 0 Å². The predicted octanol–water partition coefficient (Wildman–Crippen LogP) is 0.712.